The molecule has 1 amide bonds. The number of fused-ring (bicyclic) bond motifs is 1. The van der Waals surface area contributed by atoms with Gasteiger partial charge in [-0.1, -0.05) is 36.4 Å². The Bertz CT molecular complexity index is 840. The van der Waals surface area contributed by atoms with Gasteiger partial charge < -0.3 is 15.0 Å². The molecule has 2 aromatic rings. The van der Waals surface area contributed by atoms with Crippen molar-refractivity contribution in [1.29, 1.82) is 0 Å². The number of hydrogen-bond donors (Lipinski definition) is 1. The molecule has 1 aliphatic carbocycles. The van der Waals surface area contributed by atoms with Crippen LogP contribution in [0.2, 0.25) is 0 Å². The molecule has 4 rings (SSSR count). The minimum Gasteiger partial charge on any atom is -0.378 e. The molecule has 2 aliphatic rings. The van der Waals surface area contributed by atoms with E-state index in [0.29, 0.717) is 44.6 Å². The molecule has 1 aromatic heterocycles. The van der Waals surface area contributed by atoms with Crippen molar-refractivity contribution in [3.8, 4) is 0 Å². The lowest BCUT2D eigenvalue weighted by Gasteiger charge is -2.28. The number of benzene rings is 1. The van der Waals surface area contributed by atoms with Crippen LogP contribution in [0.3, 0.4) is 0 Å². The van der Waals surface area contributed by atoms with Crippen molar-refractivity contribution < 1.29 is 9.53 Å². The Morgan fingerprint density at radius 3 is 2.83 bits per heavy atom. The van der Waals surface area contributed by atoms with Crippen LogP contribution < -0.4 is 5.32 Å². The first-order valence-electron chi connectivity index (χ1n) is 10.6. The van der Waals surface area contributed by atoms with Crippen LogP contribution in [0.15, 0.2) is 43.0 Å². The van der Waals surface area contributed by atoms with Gasteiger partial charge in [0, 0.05) is 30.4 Å². The Morgan fingerprint density at radius 1 is 1.28 bits per heavy atom. The average molecular weight is 395 g/mol. The Hall–Kier alpha value is -2.44. The number of amides is 1. The number of nitrogens with one attached hydrogen (secondary N) is 1. The molecule has 0 saturated carbocycles. The Morgan fingerprint density at radius 2 is 2.07 bits per heavy atom. The smallest absolute Gasteiger partial charge is 0.274 e. The van der Waals surface area contributed by atoms with E-state index in [2.05, 4.69) is 36.2 Å². The first-order chi connectivity index (χ1) is 14.3. The molecular formula is C23H30N4O2. The summed E-state index contributed by atoms with van der Waals surface area (Å²) in [6.45, 7) is 7.92. The highest BCUT2D eigenvalue weighted by atomic mass is 16.5. The number of morpholine rings is 1. The highest BCUT2D eigenvalue weighted by Crippen LogP contribution is 2.26. The molecule has 0 spiro atoms. The number of nitrogens with zero attached hydrogens (tertiary/aromatic N) is 3. The molecule has 1 N–H and O–H groups in total. The van der Waals surface area contributed by atoms with Crippen LogP contribution in [0.5, 0.6) is 0 Å². The number of hydrogen-bond acceptors (Lipinski definition) is 4. The molecule has 0 bridgehead atoms. The summed E-state index contributed by atoms with van der Waals surface area (Å²) in [5.41, 5.74) is 4.28. The van der Waals surface area contributed by atoms with E-state index in [1.54, 1.807) is 0 Å². The third-order valence-electron chi connectivity index (χ3n) is 5.84. The molecule has 1 fully saturated rings. The van der Waals surface area contributed by atoms with Gasteiger partial charge in [0.15, 0.2) is 5.69 Å². The van der Waals surface area contributed by atoms with Crippen molar-refractivity contribution in [3.05, 3.63) is 65.5 Å². The third-order valence-corrected chi connectivity index (χ3v) is 5.84. The van der Waals surface area contributed by atoms with Crippen molar-refractivity contribution in [3.63, 3.8) is 0 Å². The van der Waals surface area contributed by atoms with E-state index in [1.165, 1.54) is 11.3 Å². The van der Waals surface area contributed by atoms with Crippen LogP contribution in [-0.2, 0) is 30.5 Å². The summed E-state index contributed by atoms with van der Waals surface area (Å²) in [4.78, 5) is 15.0. The van der Waals surface area contributed by atoms with Gasteiger partial charge in [0.05, 0.1) is 19.8 Å². The quantitative estimate of drug-likeness (QED) is 0.732. The van der Waals surface area contributed by atoms with Crippen molar-refractivity contribution in [2.24, 2.45) is 0 Å². The van der Waals surface area contributed by atoms with Gasteiger partial charge in [0.25, 0.3) is 5.91 Å². The highest BCUT2D eigenvalue weighted by molar-refractivity contribution is 5.94. The molecule has 1 aliphatic heterocycles. The Balaban J connectivity index is 1.46. The predicted octanol–water partition coefficient (Wildman–Crippen LogP) is 2.23. The third kappa shape index (κ3) is 4.60. The predicted molar refractivity (Wildman–Crippen MR) is 113 cm³/mol. The van der Waals surface area contributed by atoms with Crippen LogP contribution in [0.4, 0.5) is 0 Å². The maximum Gasteiger partial charge on any atom is 0.274 e. The van der Waals surface area contributed by atoms with Crippen LogP contribution in [0.25, 0.3) is 0 Å². The minimum absolute atomic E-state index is 0.0392. The minimum atomic E-state index is 0.0392. The van der Waals surface area contributed by atoms with E-state index in [-0.39, 0.29) is 5.91 Å². The second-order valence-corrected chi connectivity index (χ2v) is 7.78. The lowest BCUT2D eigenvalue weighted by Crippen LogP contribution is -2.42. The molecule has 1 aromatic carbocycles. The molecule has 2 heterocycles. The lowest BCUT2D eigenvalue weighted by molar-refractivity contribution is 0.0297. The van der Waals surface area contributed by atoms with E-state index in [1.807, 2.05) is 21.7 Å². The van der Waals surface area contributed by atoms with E-state index >= 15 is 0 Å². The van der Waals surface area contributed by atoms with E-state index in [4.69, 9.17) is 9.84 Å². The highest BCUT2D eigenvalue weighted by Gasteiger charge is 2.31. The molecule has 154 valence electrons. The fourth-order valence-electron chi connectivity index (χ4n) is 4.29. The lowest BCUT2D eigenvalue weighted by atomic mass is 9.91. The molecule has 1 saturated heterocycles. The SMILES string of the molecule is C=CCn1nc(C(=O)N2CCOCC2)c2c1CC[C@H](NCCc1ccccc1)C2. The molecule has 1 atom stereocenters. The summed E-state index contributed by atoms with van der Waals surface area (Å²) >= 11 is 0. The monoisotopic (exact) mass is 394 g/mol. The number of allylic oxidation sites excluding steroid dienone is 1. The van der Waals surface area contributed by atoms with Crippen LogP contribution in [0.1, 0.15) is 33.7 Å². The van der Waals surface area contributed by atoms with Gasteiger partial charge in [0.2, 0.25) is 0 Å². The standard InChI is InChI=1S/C23H30N4O2/c1-2-12-27-21-9-8-19(24-11-10-18-6-4-3-5-7-18)17-20(21)22(25-27)23(28)26-13-15-29-16-14-26/h2-7,19,24H,1,8-17H2/t19-/m0/s1. The largest absolute Gasteiger partial charge is 0.378 e. The first-order valence-corrected chi connectivity index (χ1v) is 10.6. The number of ether oxygens (including phenoxy) is 1. The fraction of sp³-hybridized carbons (Fsp3) is 0.478. The molecule has 0 radical (unpaired) electrons. The normalized spacial score (nSPS) is 19.0. The molecule has 6 nitrogen and oxygen atoms in total. The van der Waals surface area contributed by atoms with E-state index < -0.39 is 0 Å². The maximum absolute atomic E-state index is 13.1. The number of aromatic nitrogens is 2. The van der Waals surface area contributed by atoms with Gasteiger partial charge in [0.1, 0.15) is 0 Å². The zero-order chi connectivity index (χ0) is 20.1. The first kappa shape index (κ1) is 19.9. The van der Waals surface area contributed by atoms with Gasteiger partial charge in [-0.25, -0.2) is 0 Å². The van der Waals surface area contributed by atoms with E-state index in [0.717, 1.165) is 37.8 Å². The molecule has 29 heavy (non-hydrogen) atoms. The van der Waals surface area contributed by atoms with Gasteiger partial charge in [-0.05, 0) is 37.8 Å². The summed E-state index contributed by atoms with van der Waals surface area (Å²) in [6.07, 6.45) is 5.72. The summed E-state index contributed by atoms with van der Waals surface area (Å²) in [6, 6.07) is 10.9. The Kier molecular flexibility index (Phi) is 6.42. The zero-order valence-corrected chi connectivity index (χ0v) is 17.0. The molecular weight excluding hydrogens is 364 g/mol. The maximum atomic E-state index is 13.1. The fourth-order valence-corrected chi connectivity index (χ4v) is 4.29. The number of carbonyl (C=O) groups excluding carboxylic acids is 1. The zero-order valence-electron chi connectivity index (χ0n) is 17.0. The van der Waals surface area contributed by atoms with Crippen LogP contribution >= 0.6 is 0 Å². The Labute approximate surface area is 172 Å². The second-order valence-electron chi connectivity index (χ2n) is 7.78. The van der Waals surface area contributed by atoms with Crippen molar-refractivity contribution >= 4 is 5.91 Å². The van der Waals surface area contributed by atoms with Gasteiger partial charge >= 0.3 is 0 Å². The van der Waals surface area contributed by atoms with Crippen molar-refractivity contribution in [2.45, 2.75) is 38.3 Å². The van der Waals surface area contributed by atoms with Crippen LogP contribution in [-0.4, -0.2) is 59.5 Å². The molecule has 6 heteroatoms. The van der Waals surface area contributed by atoms with Crippen LogP contribution in [0, 0.1) is 0 Å². The summed E-state index contributed by atoms with van der Waals surface area (Å²) < 4.78 is 7.37. The summed E-state index contributed by atoms with van der Waals surface area (Å²) in [5, 5.41) is 8.40. The van der Waals surface area contributed by atoms with E-state index in [9.17, 15) is 4.79 Å². The van der Waals surface area contributed by atoms with Gasteiger partial charge in [-0.3, -0.25) is 9.48 Å². The van der Waals surface area contributed by atoms with Crippen molar-refractivity contribution in [2.75, 3.05) is 32.8 Å². The average Bonchev–Trinajstić information content (AvgIpc) is 3.13. The second kappa shape index (κ2) is 9.37. The molecule has 0 unspecified atom stereocenters. The number of carbonyl (C=O) groups is 1. The summed E-state index contributed by atoms with van der Waals surface area (Å²) in [5.74, 6) is 0.0392. The van der Waals surface area contributed by atoms with Gasteiger partial charge in [-0.2, -0.15) is 5.10 Å². The number of rotatable bonds is 7. The van der Waals surface area contributed by atoms with Gasteiger partial charge in [-0.15, -0.1) is 6.58 Å². The van der Waals surface area contributed by atoms with Crippen molar-refractivity contribution in [1.82, 2.24) is 20.0 Å². The topological polar surface area (TPSA) is 59.4 Å². The summed E-state index contributed by atoms with van der Waals surface area (Å²) in [7, 11) is 0.